The average molecular weight is 589 g/mol. The first-order valence-electron chi connectivity index (χ1n) is 8.53. The summed E-state index contributed by atoms with van der Waals surface area (Å²) in [4.78, 5) is 42.9. The van der Waals surface area contributed by atoms with Gasteiger partial charge in [-0.2, -0.15) is 0 Å². The van der Waals surface area contributed by atoms with E-state index in [1.165, 1.54) is 24.3 Å². The summed E-state index contributed by atoms with van der Waals surface area (Å²) in [7, 11) is 0. The zero-order chi connectivity index (χ0) is 26.0. The van der Waals surface area contributed by atoms with Gasteiger partial charge in [0.2, 0.25) is 11.8 Å². The first kappa shape index (κ1) is 29.6. The number of carbonyl (C=O) groups excluding carboxylic acids is 2. The summed E-state index contributed by atoms with van der Waals surface area (Å²) in [6.45, 7) is 0. The van der Waals surface area contributed by atoms with Gasteiger partial charge in [-0.25, -0.2) is 9.59 Å². The van der Waals surface area contributed by atoms with Crippen molar-refractivity contribution in [2.75, 3.05) is 10.6 Å². The van der Waals surface area contributed by atoms with Gasteiger partial charge in [-0.05, 0) is 24.3 Å². The molecule has 8 nitrogen and oxygen atoms in total. The minimum Gasteiger partial charge on any atom is -0.478 e. The summed E-state index contributed by atoms with van der Waals surface area (Å²) < 4.78 is 0. The Morgan fingerprint density at radius 2 is 0.824 bits per heavy atom. The standard InChI is InChI=1S/2C10H6Cl3NO3/c2*11-5-3-7(13)8(4-6(5)12)14-9(15)1-2-10(16)17/h2*1-4H,(H,14,15)(H,16,17)/b2*2-1-. The number of carboxylic acids is 2. The second-order valence-electron chi connectivity index (χ2n) is 5.81. The van der Waals surface area contributed by atoms with Crippen LogP contribution in [-0.2, 0) is 19.2 Å². The average Bonchev–Trinajstić information content (AvgIpc) is 2.73. The molecule has 34 heavy (non-hydrogen) atoms. The lowest BCUT2D eigenvalue weighted by Gasteiger charge is -2.06. The van der Waals surface area contributed by atoms with Gasteiger partial charge in [0.25, 0.3) is 0 Å². The Morgan fingerprint density at radius 1 is 0.529 bits per heavy atom. The van der Waals surface area contributed by atoms with E-state index in [1.807, 2.05) is 0 Å². The molecule has 14 heteroatoms. The molecule has 0 fully saturated rings. The molecule has 2 amide bonds. The molecule has 0 aliphatic carbocycles. The van der Waals surface area contributed by atoms with Crippen molar-refractivity contribution in [1.29, 1.82) is 0 Å². The zero-order valence-electron chi connectivity index (χ0n) is 16.4. The van der Waals surface area contributed by atoms with Crippen molar-refractivity contribution in [3.05, 3.63) is 78.7 Å². The van der Waals surface area contributed by atoms with Crippen molar-refractivity contribution in [1.82, 2.24) is 0 Å². The topological polar surface area (TPSA) is 133 Å². The van der Waals surface area contributed by atoms with E-state index in [-0.39, 0.29) is 41.5 Å². The van der Waals surface area contributed by atoms with Crippen molar-refractivity contribution in [3.8, 4) is 0 Å². The summed E-state index contributed by atoms with van der Waals surface area (Å²) in [5.41, 5.74) is 0.502. The number of hydrogen-bond acceptors (Lipinski definition) is 4. The molecular formula is C20H12Cl6N2O6. The Balaban J connectivity index is 0.000000340. The molecule has 0 saturated heterocycles. The van der Waals surface area contributed by atoms with E-state index in [4.69, 9.17) is 79.8 Å². The molecule has 2 rings (SSSR count). The summed E-state index contributed by atoms with van der Waals surface area (Å²) in [5.74, 6) is -3.71. The fourth-order valence-electron chi connectivity index (χ4n) is 1.88. The molecule has 180 valence electrons. The lowest BCUT2D eigenvalue weighted by molar-refractivity contribution is -0.132. The van der Waals surface area contributed by atoms with Crippen LogP contribution in [0.2, 0.25) is 30.1 Å². The second-order valence-corrected chi connectivity index (χ2v) is 8.26. The number of anilines is 2. The van der Waals surface area contributed by atoms with Gasteiger partial charge in [0.05, 0.1) is 41.5 Å². The van der Waals surface area contributed by atoms with Crippen LogP contribution < -0.4 is 10.6 Å². The molecule has 0 unspecified atom stereocenters. The highest BCUT2D eigenvalue weighted by Gasteiger charge is 2.09. The van der Waals surface area contributed by atoms with E-state index in [2.05, 4.69) is 10.6 Å². The molecular weight excluding hydrogens is 577 g/mol. The molecule has 0 spiro atoms. The van der Waals surface area contributed by atoms with Crippen LogP contribution in [0.1, 0.15) is 0 Å². The highest BCUT2D eigenvalue weighted by molar-refractivity contribution is 6.45. The highest BCUT2D eigenvalue weighted by atomic mass is 35.5. The first-order chi connectivity index (χ1) is 15.8. The summed E-state index contributed by atoms with van der Waals surface area (Å²) in [5, 5.41) is 22.8. The van der Waals surface area contributed by atoms with E-state index in [9.17, 15) is 19.2 Å². The lowest BCUT2D eigenvalue weighted by Crippen LogP contribution is -2.09. The van der Waals surface area contributed by atoms with Crippen molar-refractivity contribution in [2.45, 2.75) is 0 Å². The van der Waals surface area contributed by atoms with E-state index < -0.39 is 23.8 Å². The monoisotopic (exact) mass is 586 g/mol. The third kappa shape index (κ3) is 10.6. The number of carboxylic acid groups (broad SMARTS) is 2. The van der Waals surface area contributed by atoms with Crippen LogP contribution in [0.5, 0.6) is 0 Å². The molecule has 0 bridgehead atoms. The van der Waals surface area contributed by atoms with Crippen LogP contribution in [0.4, 0.5) is 11.4 Å². The fraction of sp³-hybridized carbons (Fsp3) is 0. The Kier molecular flexibility index (Phi) is 12.2. The third-order valence-corrected chi connectivity index (χ3v) is 5.36. The third-order valence-electron chi connectivity index (χ3n) is 3.29. The number of benzene rings is 2. The Hall–Kier alpha value is -2.46. The van der Waals surface area contributed by atoms with Crippen LogP contribution in [-0.4, -0.2) is 34.0 Å². The number of rotatable bonds is 6. The summed E-state index contributed by atoms with van der Waals surface area (Å²) in [6, 6.07) is 5.50. The van der Waals surface area contributed by atoms with Crippen LogP contribution in [0.3, 0.4) is 0 Å². The summed E-state index contributed by atoms with van der Waals surface area (Å²) in [6.07, 6.45) is 3.14. The number of amides is 2. The molecule has 0 radical (unpaired) electrons. The maximum Gasteiger partial charge on any atom is 0.328 e. The lowest BCUT2D eigenvalue weighted by atomic mass is 10.3. The first-order valence-corrected chi connectivity index (χ1v) is 10.8. The minimum atomic E-state index is -1.22. The van der Waals surface area contributed by atoms with Crippen LogP contribution in [0.15, 0.2) is 48.6 Å². The number of halogens is 6. The van der Waals surface area contributed by atoms with Gasteiger partial charge in [-0.1, -0.05) is 69.6 Å². The van der Waals surface area contributed by atoms with E-state index in [0.717, 1.165) is 12.2 Å². The molecule has 2 aromatic carbocycles. The van der Waals surface area contributed by atoms with Crippen molar-refractivity contribution in [3.63, 3.8) is 0 Å². The predicted molar refractivity (Wildman–Crippen MR) is 134 cm³/mol. The van der Waals surface area contributed by atoms with Crippen molar-refractivity contribution >= 4 is 105 Å². The van der Waals surface area contributed by atoms with E-state index >= 15 is 0 Å². The molecule has 2 aromatic rings. The predicted octanol–water partition coefficient (Wildman–Crippen LogP) is 6.45. The quantitative estimate of drug-likeness (QED) is 0.226. The van der Waals surface area contributed by atoms with Crippen LogP contribution in [0.25, 0.3) is 0 Å². The van der Waals surface area contributed by atoms with Gasteiger partial charge in [0, 0.05) is 24.3 Å². The molecule has 0 aromatic heterocycles. The van der Waals surface area contributed by atoms with Gasteiger partial charge in [-0.3, -0.25) is 9.59 Å². The molecule has 0 aliphatic rings. The van der Waals surface area contributed by atoms with Crippen LogP contribution in [0, 0.1) is 0 Å². The normalized spacial score (nSPS) is 10.5. The minimum absolute atomic E-state index is 0.205. The second kappa shape index (κ2) is 14.1. The molecule has 4 N–H and O–H groups in total. The Morgan fingerprint density at radius 3 is 1.12 bits per heavy atom. The number of nitrogens with one attached hydrogen (secondary N) is 2. The summed E-state index contributed by atoms with van der Waals surface area (Å²) >= 11 is 34.5. The molecule has 0 aliphatic heterocycles. The maximum absolute atomic E-state index is 11.3. The Labute approximate surface area is 222 Å². The zero-order valence-corrected chi connectivity index (χ0v) is 20.9. The van der Waals surface area contributed by atoms with E-state index in [1.54, 1.807) is 0 Å². The van der Waals surface area contributed by atoms with Gasteiger partial charge in [-0.15, -0.1) is 0 Å². The van der Waals surface area contributed by atoms with E-state index in [0.29, 0.717) is 12.2 Å². The van der Waals surface area contributed by atoms with Gasteiger partial charge >= 0.3 is 11.9 Å². The highest BCUT2D eigenvalue weighted by Crippen LogP contribution is 2.33. The molecule has 0 saturated carbocycles. The Bertz CT molecular complexity index is 1090. The van der Waals surface area contributed by atoms with Gasteiger partial charge in [0.15, 0.2) is 0 Å². The molecule has 0 heterocycles. The van der Waals surface area contributed by atoms with Crippen molar-refractivity contribution < 1.29 is 29.4 Å². The smallest absolute Gasteiger partial charge is 0.328 e. The molecule has 0 atom stereocenters. The van der Waals surface area contributed by atoms with Gasteiger partial charge < -0.3 is 20.8 Å². The SMILES string of the molecule is O=C(O)/C=C\C(=O)Nc1cc(Cl)c(Cl)cc1Cl.O=C(O)/C=C\C(=O)Nc1cc(Cl)c(Cl)cc1Cl. The number of carbonyl (C=O) groups is 4. The van der Waals surface area contributed by atoms with Crippen LogP contribution >= 0.6 is 69.6 Å². The van der Waals surface area contributed by atoms with Crippen molar-refractivity contribution in [2.24, 2.45) is 0 Å². The number of hydrogen-bond donors (Lipinski definition) is 4. The number of aliphatic carboxylic acids is 2. The van der Waals surface area contributed by atoms with Gasteiger partial charge in [0.1, 0.15) is 0 Å². The maximum atomic E-state index is 11.3. The fourth-order valence-corrected chi connectivity index (χ4v) is 3.07. The largest absolute Gasteiger partial charge is 0.478 e.